The third-order valence-corrected chi connectivity index (χ3v) is 3.15. The van der Waals surface area contributed by atoms with Crippen molar-refractivity contribution in [3.05, 3.63) is 17.6 Å². The Hall–Kier alpha value is -1.65. The fourth-order valence-electron chi connectivity index (χ4n) is 2.37. The Bertz CT molecular complexity index is 407. The minimum atomic E-state index is -0.167. The maximum absolute atomic E-state index is 11.8. The lowest BCUT2D eigenvalue weighted by Crippen LogP contribution is -2.39. The summed E-state index contributed by atoms with van der Waals surface area (Å²) >= 11 is 0. The summed E-state index contributed by atoms with van der Waals surface area (Å²) in [7, 11) is 0. The van der Waals surface area contributed by atoms with Crippen molar-refractivity contribution in [3.8, 4) is 0 Å². The predicted molar refractivity (Wildman–Crippen MR) is 70.5 cm³/mol. The lowest BCUT2D eigenvalue weighted by Gasteiger charge is -2.22. The van der Waals surface area contributed by atoms with E-state index in [-0.39, 0.29) is 6.03 Å². The Morgan fingerprint density at radius 2 is 1.94 bits per heavy atom. The van der Waals surface area contributed by atoms with Crippen LogP contribution in [0.1, 0.15) is 43.6 Å². The van der Waals surface area contributed by atoms with Crippen LogP contribution in [0.3, 0.4) is 0 Å². The SMILES string of the molecule is Cc1cc(NC(=O)NC2CCCCC2)nc(C)n1. The largest absolute Gasteiger partial charge is 0.335 e. The predicted octanol–water partition coefficient (Wildman–Crippen LogP) is 2.55. The molecule has 5 nitrogen and oxygen atoms in total. The van der Waals surface area contributed by atoms with E-state index in [0.717, 1.165) is 18.5 Å². The van der Waals surface area contributed by atoms with Crippen LogP contribution in [-0.4, -0.2) is 22.0 Å². The Labute approximate surface area is 107 Å². The second-order valence-electron chi connectivity index (χ2n) is 4.88. The summed E-state index contributed by atoms with van der Waals surface area (Å²) in [6.45, 7) is 3.70. The number of hydrogen-bond acceptors (Lipinski definition) is 3. The molecule has 1 aliphatic carbocycles. The van der Waals surface area contributed by atoms with Crippen molar-refractivity contribution in [1.29, 1.82) is 0 Å². The van der Waals surface area contributed by atoms with Crippen molar-refractivity contribution < 1.29 is 4.79 Å². The fraction of sp³-hybridized carbons (Fsp3) is 0.615. The number of nitrogens with one attached hydrogen (secondary N) is 2. The van der Waals surface area contributed by atoms with Crippen molar-refractivity contribution in [3.63, 3.8) is 0 Å². The van der Waals surface area contributed by atoms with Crippen LogP contribution >= 0.6 is 0 Å². The summed E-state index contributed by atoms with van der Waals surface area (Å²) in [5, 5.41) is 5.77. The van der Waals surface area contributed by atoms with Gasteiger partial charge in [0.1, 0.15) is 11.6 Å². The molecule has 0 aromatic carbocycles. The Kier molecular flexibility index (Phi) is 4.12. The van der Waals surface area contributed by atoms with Gasteiger partial charge in [0.2, 0.25) is 0 Å². The molecular formula is C13H20N4O. The highest BCUT2D eigenvalue weighted by atomic mass is 16.2. The summed E-state index contributed by atoms with van der Waals surface area (Å²) in [6.07, 6.45) is 5.85. The number of aryl methyl sites for hydroxylation is 2. The summed E-state index contributed by atoms with van der Waals surface area (Å²) in [4.78, 5) is 20.2. The lowest BCUT2D eigenvalue weighted by atomic mass is 9.96. The van der Waals surface area contributed by atoms with Gasteiger partial charge in [0.05, 0.1) is 0 Å². The van der Waals surface area contributed by atoms with Crippen molar-refractivity contribution >= 4 is 11.8 Å². The van der Waals surface area contributed by atoms with E-state index in [0.29, 0.717) is 17.7 Å². The van der Waals surface area contributed by atoms with Crippen LogP contribution in [-0.2, 0) is 0 Å². The standard InChI is InChI=1S/C13H20N4O/c1-9-8-12(15-10(2)14-9)17-13(18)16-11-6-4-3-5-7-11/h8,11H,3-7H2,1-2H3,(H2,14,15,16,17,18). The van der Waals surface area contributed by atoms with E-state index in [1.54, 1.807) is 6.07 Å². The van der Waals surface area contributed by atoms with Crippen LogP contribution in [0.5, 0.6) is 0 Å². The van der Waals surface area contributed by atoms with E-state index >= 15 is 0 Å². The van der Waals surface area contributed by atoms with Crippen LogP contribution in [0, 0.1) is 13.8 Å². The molecule has 2 amide bonds. The first-order chi connectivity index (χ1) is 8.63. The van der Waals surface area contributed by atoms with Crippen molar-refractivity contribution in [2.45, 2.75) is 52.0 Å². The molecule has 1 saturated carbocycles. The fourth-order valence-corrected chi connectivity index (χ4v) is 2.37. The van der Waals surface area contributed by atoms with E-state index in [9.17, 15) is 4.79 Å². The van der Waals surface area contributed by atoms with E-state index < -0.39 is 0 Å². The molecule has 2 rings (SSSR count). The first kappa shape index (κ1) is 12.8. The number of carbonyl (C=O) groups excluding carboxylic acids is 1. The molecule has 98 valence electrons. The second kappa shape index (κ2) is 5.80. The molecule has 18 heavy (non-hydrogen) atoms. The normalized spacial score (nSPS) is 16.3. The average molecular weight is 248 g/mol. The van der Waals surface area contributed by atoms with Gasteiger partial charge < -0.3 is 5.32 Å². The average Bonchev–Trinajstić information content (AvgIpc) is 2.28. The van der Waals surface area contributed by atoms with Gasteiger partial charge in [0.25, 0.3) is 0 Å². The maximum atomic E-state index is 11.8. The molecule has 1 aliphatic rings. The van der Waals surface area contributed by atoms with E-state index in [1.165, 1.54) is 19.3 Å². The summed E-state index contributed by atoms with van der Waals surface area (Å²) < 4.78 is 0. The molecular weight excluding hydrogens is 228 g/mol. The van der Waals surface area contributed by atoms with Gasteiger partial charge >= 0.3 is 6.03 Å². The Morgan fingerprint density at radius 1 is 1.22 bits per heavy atom. The molecule has 1 heterocycles. The van der Waals surface area contributed by atoms with Crippen molar-refractivity contribution in [1.82, 2.24) is 15.3 Å². The third-order valence-electron chi connectivity index (χ3n) is 3.15. The van der Waals surface area contributed by atoms with Gasteiger partial charge in [0, 0.05) is 17.8 Å². The third kappa shape index (κ3) is 3.68. The number of amides is 2. The first-order valence-corrected chi connectivity index (χ1v) is 6.53. The first-order valence-electron chi connectivity index (χ1n) is 6.53. The van der Waals surface area contributed by atoms with Crippen LogP contribution in [0.15, 0.2) is 6.07 Å². The zero-order valence-corrected chi connectivity index (χ0v) is 11.0. The molecule has 0 saturated heterocycles. The van der Waals surface area contributed by atoms with Gasteiger partial charge in [-0.3, -0.25) is 5.32 Å². The van der Waals surface area contributed by atoms with Gasteiger partial charge in [-0.15, -0.1) is 0 Å². The number of rotatable bonds is 2. The number of anilines is 1. The van der Waals surface area contributed by atoms with Crippen molar-refractivity contribution in [2.24, 2.45) is 0 Å². The molecule has 0 aliphatic heterocycles. The maximum Gasteiger partial charge on any atom is 0.320 e. The number of carbonyl (C=O) groups is 1. The molecule has 0 bridgehead atoms. The highest BCUT2D eigenvalue weighted by molar-refractivity contribution is 5.88. The highest BCUT2D eigenvalue weighted by Gasteiger charge is 2.15. The Morgan fingerprint density at radius 3 is 2.61 bits per heavy atom. The van der Waals surface area contributed by atoms with Gasteiger partial charge in [-0.2, -0.15) is 0 Å². The van der Waals surface area contributed by atoms with Gasteiger partial charge in [-0.05, 0) is 26.7 Å². The van der Waals surface area contributed by atoms with Crippen LogP contribution in [0.25, 0.3) is 0 Å². The number of urea groups is 1. The minimum absolute atomic E-state index is 0.167. The minimum Gasteiger partial charge on any atom is -0.335 e. The van der Waals surface area contributed by atoms with Gasteiger partial charge in [0.15, 0.2) is 0 Å². The zero-order chi connectivity index (χ0) is 13.0. The summed E-state index contributed by atoms with van der Waals surface area (Å²) in [5.74, 6) is 1.23. The van der Waals surface area contributed by atoms with Crippen LogP contribution in [0.2, 0.25) is 0 Å². The molecule has 5 heteroatoms. The second-order valence-corrected chi connectivity index (χ2v) is 4.88. The van der Waals surface area contributed by atoms with Gasteiger partial charge in [-0.25, -0.2) is 14.8 Å². The molecule has 2 N–H and O–H groups in total. The van der Waals surface area contributed by atoms with E-state index in [1.807, 2.05) is 13.8 Å². The molecule has 1 fully saturated rings. The monoisotopic (exact) mass is 248 g/mol. The van der Waals surface area contributed by atoms with E-state index in [2.05, 4.69) is 20.6 Å². The highest BCUT2D eigenvalue weighted by Crippen LogP contribution is 2.17. The molecule has 0 atom stereocenters. The lowest BCUT2D eigenvalue weighted by molar-refractivity contribution is 0.244. The quantitative estimate of drug-likeness (QED) is 0.845. The zero-order valence-electron chi connectivity index (χ0n) is 11.0. The summed E-state index contributed by atoms with van der Waals surface area (Å²) in [6, 6.07) is 1.91. The topological polar surface area (TPSA) is 66.9 Å². The van der Waals surface area contributed by atoms with Crippen LogP contribution in [0.4, 0.5) is 10.6 Å². The smallest absolute Gasteiger partial charge is 0.320 e. The number of aromatic nitrogens is 2. The number of hydrogen-bond donors (Lipinski definition) is 2. The molecule has 0 spiro atoms. The van der Waals surface area contributed by atoms with Crippen molar-refractivity contribution in [2.75, 3.05) is 5.32 Å². The number of nitrogens with zero attached hydrogens (tertiary/aromatic N) is 2. The van der Waals surface area contributed by atoms with E-state index in [4.69, 9.17) is 0 Å². The molecule has 0 unspecified atom stereocenters. The van der Waals surface area contributed by atoms with Gasteiger partial charge in [-0.1, -0.05) is 19.3 Å². The molecule has 1 aromatic heterocycles. The summed E-state index contributed by atoms with van der Waals surface area (Å²) in [5.41, 5.74) is 0.857. The molecule has 1 aromatic rings. The molecule has 0 radical (unpaired) electrons. The Balaban J connectivity index is 1.89. The van der Waals surface area contributed by atoms with Crippen LogP contribution < -0.4 is 10.6 Å².